The van der Waals surface area contributed by atoms with Gasteiger partial charge in [0, 0.05) is 18.2 Å². The summed E-state index contributed by atoms with van der Waals surface area (Å²) < 4.78 is 1.79. The van der Waals surface area contributed by atoms with Gasteiger partial charge in [-0.3, -0.25) is 0 Å². The molecule has 3 rings (SSSR count). The number of fused-ring (bicyclic) bond motifs is 1. The van der Waals surface area contributed by atoms with E-state index in [0.717, 1.165) is 37.4 Å². The average molecular weight is 252 g/mol. The molecule has 0 spiro atoms. The maximum absolute atomic E-state index is 5.99. The fourth-order valence-corrected chi connectivity index (χ4v) is 2.35. The zero-order valence-corrected chi connectivity index (χ0v) is 10.1. The molecule has 5 nitrogen and oxygen atoms in total. The summed E-state index contributed by atoms with van der Waals surface area (Å²) in [6, 6.07) is 4.14. The van der Waals surface area contributed by atoms with Gasteiger partial charge in [0.2, 0.25) is 0 Å². The third kappa shape index (κ3) is 2.21. The van der Waals surface area contributed by atoms with Crippen LogP contribution in [0.4, 0.5) is 5.82 Å². The number of rotatable bonds is 2. The molecule has 1 aliphatic heterocycles. The lowest BCUT2D eigenvalue weighted by Gasteiger charge is -2.24. The van der Waals surface area contributed by atoms with Crippen LogP contribution in [0.3, 0.4) is 0 Å². The first-order valence-corrected chi connectivity index (χ1v) is 6.18. The van der Waals surface area contributed by atoms with Crippen molar-refractivity contribution < 1.29 is 0 Å². The topological polar surface area (TPSA) is 54.2 Å². The minimum absolute atomic E-state index is 0.474. The summed E-state index contributed by atoms with van der Waals surface area (Å²) in [4.78, 5) is 4.20. The van der Waals surface area contributed by atoms with Crippen LogP contribution in [0.25, 0.3) is 5.65 Å². The van der Waals surface area contributed by atoms with Crippen LogP contribution in [0.2, 0.25) is 5.15 Å². The fourth-order valence-electron chi connectivity index (χ4n) is 2.16. The lowest BCUT2D eigenvalue weighted by molar-refractivity contribution is 0.477. The molecule has 3 heterocycles. The second kappa shape index (κ2) is 4.50. The molecule has 0 radical (unpaired) electrons. The van der Waals surface area contributed by atoms with Crippen LogP contribution in [0.1, 0.15) is 12.8 Å². The van der Waals surface area contributed by atoms with Crippen molar-refractivity contribution in [1.29, 1.82) is 0 Å². The number of aromatic nitrogens is 3. The smallest absolute Gasteiger partial charge is 0.159 e. The van der Waals surface area contributed by atoms with E-state index < -0.39 is 0 Å². The third-order valence-corrected chi connectivity index (χ3v) is 3.21. The Balaban J connectivity index is 1.90. The predicted molar refractivity (Wildman–Crippen MR) is 67.5 cm³/mol. The van der Waals surface area contributed by atoms with Gasteiger partial charge in [0.15, 0.2) is 5.65 Å². The first kappa shape index (κ1) is 10.8. The summed E-state index contributed by atoms with van der Waals surface area (Å²) in [5.74, 6) is 0.914. The van der Waals surface area contributed by atoms with Crippen molar-refractivity contribution in [2.45, 2.75) is 18.9 Å². The first-order valence-electron chi connectivity index (χ1n) is 5.80. The Morgan fingerprint density at radius 3 is 3.06 bits per heavy atom. The van der Waals surface area contributed by atoms with E-state index in [1.807, 2.05) is 12.1 Å². The highest BCUT2D eigenvalue weighted by Crippen LogP contribution is 2.18. The van der Waals surface area contributed by atoms with E-state index in [4.69, 9.17) is 11.6 Å². The maximum Gasteiger partial charge on any atom is 0.159 e. The minimum atomic E-state index is 0.474. The highest BCUT2D eigenvalue weighted by atomic mass is 35.5. The molecule has 0 unspecified atom stereocenters. The molecule has 0 saturated carbocycles. The number of nitrogens with one attached hydrogen (secondary N) is 2. The van der Waals surface area contributed by atoms with Crippen molar-refractivity contribution in [1.82, 2.24) is 19.9 Å². The molecule has 0 aromatic carbocycles. The van der Waals surface area contributed by atoms with Gasteiger partial charge in [0.25, 0.3) is 0 Å². The highest BCUT2D eigenvalue weighted by molar-refractivity contribution is 6.29. The number of hydrogen-bond donors (Lipinski definition) is 2. The lowest BCUT2D eigenvalue weighted by Crippen LogP contribution is -2.35. The van der Waals surface area contributed by atoms with Gasteiger partial charge in [-0.1, -0.05) is 11.6 Å². The van der Waals surface area contributed by atoms with E-state index >= 15 is 0 Å². The average Bonchev–Trinajstić information content (AvgIpc) is 2.78. The van der Waals surface area contributed by atoms with E-state index in [-0.39, 0.29) is 0 Å². The molecule has 0 aliphatic carbocycles. The van der Waals surface area contributed by atoms with E-state index in [0.29, 0.717) is 11.2 Å². The molecule has 2 aromatic rings. The molecule has 6 heteroatoms. The van der Waals surface area contributed by atoms with E-state index in [1.165, 1.54) is 0 Å². The van der Waals surface area contributed by atoms with Crippen LogP contribution in [0.5, 0.6) is 0 Å². The molecule has 0 bridgehead atoms. The first-order chi connectivity index (χ1) is 8.33. The van der Waals surface area contributed by atoms with Gasteiger partial charge in [-0.05, 0) is 25.9 Å². The number of piperidine rings is 1. The quantitative estimate of drug-likeness (QED) is 0.796. The second-order valence-electron chi connectivity index (χ2n) is 4.23. The summed E-state index contributed by atoms with van der Waals surface area (Å²) in [5.41, 5.74) is 0.772. The summed E-state index contributed by atoms with van der Waals surface area (Å²) in [5, 5.41) is 11.6. The van der Waals surface area contributed by atoms with Crippen LogP contribution in [-0.4, -0.2) is 33.7 Å². The Morgan fingerprint density at radius 1 is 1.41 bits per heavy atom. The molecule has 1 saturated heterocycles. The number of hydrogen-bond acceptors (Lipinski definition) is 4. The summed E-state index contributed by atoms with van der Waals surface area (Å²) >= 11 is 5.99. The summed E-state index contributed by atoms with van der Waals surface area (Å²) in [7, 11) is 0. The van der Waals surface area contributed by atoms with E-state index in [1.54, 1.807) is 10.7 Å². The minimum Gasteiger partial charge on any atom is -0.367 e. The fraction of sp³-hybridized carbons (Fsp3) is 0.455. The Hall–Kier alpha value is -1.33. The largest absolute Gasteiger partial charge is 0.367 e. The molecule has 1 aliphatic rings. The van der Waals surface area contributed by atoms with Gasteiger partial charge in [-0.2, -0.15) is 9.61 Å². The number of nitrogens with zero attached hydrogens (tertiary/aromatic N) is 3. The Labute approximate surface area is 104 Å². The monoisotopic (exact) mass is 251 g/mol. The van der Waals surface area contributed by atoms with Crippen molar-refractivity contribution in [2.24, 2.45) is 0 Å². The molecule has 0 amide bonds. The van der Waals surface area contributed by atoms with Gasteiger partial charge >= 0.3 is 0 Å². The second-order valence-corrected chi connectivity index (χ2v) is 4.62. The summed E-state index contributed by atoms with van der Waals surface area (Å²) in [6.45, 7) is 2.11. The molecule has 2 aromatic heterocycles. The van der Waals surface area contributed by atoms with Crippen molar-refractivity contribution in [3.8, 4) is 0 Å². The number of anilines is 1. The van der Waals surface area contributed by atoms with Gasteiger partial charge in [-0.25, -0.2) is 4.98 Å². The van der Waals surface area contributed by atoms with E-state index in [9.17, 15) is 0 Å². The molecule has 90 valence electrons. The maximum atomic E-state index is 5.99. The van der Waals surface area contributed by atoms with Gasteiger partial charge in [-0.15, -0.1) is 0 Å². The molecule has 0 atom stereocenters. The predicted octanol–water partition coefficient (Wildman–Crippen LogP) is 1.55. The SMILES string of the molecule is Clc1cc(NC2CCNCC2)n2nccc2n1. The van der Waals surface area contributed by atoms with E-state index in [2.05, 4.69) is 20.7 Å². The van der Waals surface area contributed by atoms with Gasteiger partial charge in [0.05, 0.1) is 6.20 Å². The van der Waals surface area contributed by atoms with Gasteiger partial charge < -0.3 is 10.6 Å². The standard InChI is InChI=1S/C11H14ClN5/c12-9-7-11(15-8-1-4-13-5-2-8)17-10(16-9)3-6-14-17/h3,6-8,13,15H,1-2,4-5H2. The van der Waals surface area contributed by atoms with Crippen LogP contribution >= 0.6 is 11.6 Å². The zero-order valence-electron chi connectivity index (χ0n) is 9.36. The van der Waals surface area contributed by atoms with Gasteiger partial charge in [0.1, 0.15) is 11.0 Å². The van der Waals surface area contributed by atoms with Crippen LogP contribution in [0.15, 0.2) is 18.3 Å². The Kier molecular flexibility index (Phi) is 2.86. The zero-order chi connectivity index (χ0) is 11.7. The van der Waals surface area contributed by atoms with Crippen LogP contribution < -0.4 is 10.6 Å². The Morgan fingerprint density at radius 2 is 2.24 bits per heavy atom. The molecule has 1 fully saturated rings. The normalized spacial score (nSPS) is 17.5. The lowest BCUT2D eigenvalue weighted by atomic mass is 10.1. The van der Waals surface area contributed by atoms with Crippen LogP contribution in [0, 0.1) is 0 Å². The van der Waals surface area contributed by atoms with Crippen molar-refractivity contribution in [3.05, 3.63) is 23.5 Å². The molecular weight excluding hydrogens is 238 g/mol. The number of halogens is 1. The third-order valence-electron chi connectivity index (χ3n) is 3.02. The summed E-state index contributed by atoms with van der Waals surface area (Å²) in [6.07, 6.45) is 3.96. The molecule has 2 N–H and O–H groups in total. The molecular formula is C11H14ClN5. The molecule has 17 heavy (non-hydrogen) atoms. The van der Waals surface area contributed by atoms with Crippen molar-refractivity contribution in [2.75, 3.05) is 18.4 Å². The highest BCUT2D eigenvalue weighted by Gasteiger charge is 2.14. The Bertz CT molecular complexity index is 518. The van der Waals surface area contributed by atoms with Crippen molar-refractivity contribution >= 4 is 23.1 Å². The van der Waals surface area contributed by atoms with Crippen molar-refractivity contribution in [3.63, 3.8) is 0 Å². The van der Waals surface area contributed by atoms with Crippen LogP contribution in [-0.2, 0) is 0 Å².